The van der Waals surface area contributed by atoms with Crippen molar-refractivity contribution in [1.82, 2.24) is 0 Å². The van der Waals surface area contributed by atoms with Crippen molar-refractivity contribution in [1.29, 1.82) is 0 Å². The van der Waals surface area contributed by atoms with Gasteiger partial charge in [0, 0.05) is 5.92 Å². The smallest absolute Gasteiger partial charge is 0.0130 e. The Morgan fingerprint density at radius 3 is 1.32 bits per heavy atom. The first-order valence-electron chi connectivity index (χ1n) is 8.07. The van der Waals surface area contributed by atoms with Crippen LogP contribution in [-0.2, 0) is 6.42 Å². The summed E-state index contributed by atoms with van der Waals surface area (Å²) >= 11 is 0. The quantitative estimate of drug-likeness (QED) is 0.545. The van der Waals surface area contributed by atoms with Crippen LogP contribution in [0.1, 0.15) is 36.5 Å². The summed E-state index contributed by atoms with van der Waals surface area (Å²) in [4.78, 5) is 0. The number of rotatable bonds is 4. The molecular formula is C22H24. The fourth-order valence-electron chi connectivity index (χ4n) is 2.65. The molecule has 0 unspecified atom stereocenters. The van der Waals surface area contributed by atoms with Crippen LogP contribution in [-0.4, -0.2) is 0 Å². The predicted octanol–water partition coefficient (Wildman–Crippen LogP) is 6.09. The second-order valence-electron chi connectivity index (χ2n) is 5.06. The van der Waals surface area contributed by atoms with Gasteiger partial charge in [0.1, 0.15) is 0 Å². The van der Waals surface area contributed by atoms with Crippen molar-refractivity contribution >= 4 is 0 Å². The first-order chi connectivity index (χ1) is 10.9. The highest BCUT2D eigenvalue weighted by Gasteiger charge is 2.14. The Morgan fingerprint density at radius 1 is 0.545 bits per heavy atom. The van der Waals surface area contributed by atoms with E-state index in [2.05, 4.69) is 91.0 Å². The van der Waals surface area contributed by atoms with E-state index in [9.17, 15) is 0 Å². The molecule has 0 saturated carbocycles. The summed E-state index contributed by atoms with van der Waals surface area (Å²) in [6, 6.07) is 32.2. The molecule has 3 aromatic rings. The first kappa shape index (κ1) is 16.0. The Morgan fingerprint density at radius 2 is 0.909 bits per heavy atom. The minimum absolute atomic E-state index is 0.416. The molecule has 3 rings (SSSR count). The molecule has 0 N–H and O–H groups in total. The van der Waals surface area contributed by atoms with Crippen LogP contribution in [0.3, 0.4) is 0 Å². The highest BCUT2D eigenvalue weighted by Crippen LogP contribution is 2.28. The lowest BCUT2D eigenvalue weighted by molar-refractivity contribution is 0.805. The van der Waals surface area contributed by atoms with E-state index in [1.165, 1.54) is 16.7 Å². The van der Waals surface area contributed by atoms with E-state index in [1.807, 2.05) is 13.8 Å². The minimum atomic E-state index is 0.416. The van der Waals surface area contributed by atoms with Crippen LogP contribution in [0.4, 0.5) is 0 Å². The highest BCUT2D eigenvalue weighted by molar-refractivity contribution is 5.34. The zero-order valence-corrected chi connectivity index (χ0v) is 13.4. The topological polar surface area (TPSA) is 0 Å². The summed E-state index contributed by atoms with van der Waals surface area (Å²) in [7, 11) is 0. The Kier molecular flexibility index (Phi) is 6.44. The fourth-order valence-corrected chi connectivity index (χ4v) is 2.65. The largest absolute Gasteiger partial charge is 0.0683 e. The molecule has 0 bridgehead atoms. The Balaban J connectivity index is 0.000000847. The zero-order chi connectivity index (χ0) is 15.6. The molecule has 0 fully saturated rings. The van der Waals surface area contributed by atoms with Crippen molar-refractivity contribution in [3.05, 3.63) is 108 Å². The maximum atomic E-state index is 2.22. The maximum absolute atomic E-state index is 2.22. The van der Waals surface area contributed by atoms with E-state index >= 15 is 0 Å². The molecule has 22 heavy (non-hydrogen) atoms. The first-order valence-corrected chi connectivity index (χ1v) is 8.07. The van der Waals surface area contributed by atoms with Gasteiger partial charge in [0.15, 0.2) is 0 Å². The second-order valence-corrected chi connectivity index (χ2v) is 5.06. The summed E-state index contributed by atoms with van der Waals surface area (Å²) in [6.45, 7) is 4.00. The average Bonchev–Trinajstić information content (AvgIpc) is 2.64. The molecule has 0 atom stereocenters. The van der Waals surface area contributed by atoms with Gasteiger partial charge in [-0.3, -0.25) is 0 Å². The van der Waals surface area contributed by atoms with Crippen molar-refractivity contribution in [2.24, 2.45) is 0 Å². The molecule has 0 heteroatoms. The fraction of sp³-hybridized carbons (Fsp3) is 0.182. The van der Waals surface area contributed by atoms with Crippen LogP contribution in [0.5, 0.6) is 0 Å². The van der Waals surface area contributed by atoms with Crippen LogP contribution in [0.15, 0.2) is 91.0 Å². The summed E-state index contributed by atoms with van der Waals surface area (Å²) in [5.41, 5.74) is 4.13. The van der Waals surface area contributed by atoms with Gasteiger partial charge in [0.25, 0.3) is 0 Å². The minimum Gasteiger partial charge on any atom is -0.0683 e. The van der Waals surface area contributed by atoms with Gasteiger partial charge >= 0.3 is 0 Å². The van der Waals surface area contributed by atoms with Crippen LogP contribution in [0.25, 0.3) is 0 Å². The normalized spacial score (nSPS) is 9.95. The summed E-state index contributed by atoms with van der Waals surface area (Å²) in [6.07, 6.45) is 1.04. The third-order valence-electron chi connectivity index (χ3n) is 3.69. The summed E-state index contributed by atoms with van der Waals surface area (Å²) in [5, 5.41) is 0. The number of hydrogen-bond acceptors (Lipinski definition) is 0. The molecule has 0 radical (unpaired) electrons. The standard InChI is InChI=1S/C20H18.C2H6/c1-4-10-17(11-5-1)16-20(18-12-6-2-7-13-18)19-14-8-3-9-15-19;1-2/h1-15,20H,16H2;1-2H3. The molecule has 3 aromatic carbocycles. The van der Waals surface area contributed by atoms with Gasteiger partial charge in [-0.15, -0.1) is 0 Å². The molecule has 0 heterocycles. The molecule has 0 spiro atoms. The molecule has 0 amide bonds. The average molecular weight is 288 g/mol. The molecule has 0 aliphatic heterocycles. The Labute approximate surface area is 134 Å². The van der Waals surface area contributed by atoms with Crippen molar-refractivity contribution < 1.29 is 0 Å². The lowest BCUT2D eigenvalue weighted by Gasteiger charge is -2.18. The SMILES string of the molecule is CC.c1ccc(CC(c2ccccc2)c2ccccc2)cc1. The van der Waals surface area contributed by atoms with Gasteiger partial charge < -0.3 is 0 Å². The molecular weight excluding hydrogens is 264 g/mol. The van der Waals surface area contributed by atoms with Gasteiger partial charge in [0.05, 0.1) is 0 Å². The van der Waals surface area contributed by atoms with Gasteiger partial charge in [-0.05, 0) is 23.1 Å². The van der Waals surface area contributed by atoms with E-state index in [1.54, 1.807) is 0 Å². The Hall–Kier alpha value is -2.34. The van der Waals surface area contributed by atoms with E-state index in [4.69, 9.17) is 0 Å². The van der Waals surface area contributed by atoms with E-state index in [0.29, 0.717) is 5.92 Å². The van der Waals surface area contributed by atoms with Crippen LogP contribution in [0, 0.1) is 0 Å². The van der Waals surface area contributed by atoms with Crippen molar-refractivity contribution in [3.8, 4) is 0 Å². The summed E-state index contributed by atoms with van der Waals surface area (Å²) in [5.74, 6) is 0.416. The number of benzene rings is 3. The van der Waals surface area contributed by atoms with E-state index < -0.39 is 0 Å². The monoisotopic (exact) mass is 288 g/mol. The van der Waals surface area contributed by atoms with Gasteiger partial charge in [0.2, 0.25) is 0 Å². The van der Waals surface area contributed by atoms with Crippen LogP contribution >= 0.6 is 0 Å². The van der Waals surface area contributed by atoms with Crippen LogP contribution < -0.4 is 0 Å². The van der Waals surface area contributed by atoms with Crippen molar-refractivity contribution in [2.75, 3.05) is 0 Å². The summed E-state index contributed by atoms with van der Waals surface area (Å²) < 4.78 is 0. The van der Waals surface area contributed by atoms with Crippen LogP contribution in [0.2, 0.25) is 0 Å². The van der Waals surface area contributed by atoms with Crippen molar-refractivity contribution in [2.45, 2.75) is 26.2 Å². The molecule has 0 aliphatic rings. The van der Waals surface area contributed by atoms with E-state index in [0.717, 1.165) is 6.42 Å². The molecule has 0 nitrogen and oxygen atoms in total. The predicted molar refractivity (Wildman–Crippen MR) is 96.2 cm³/mol. The second kappa shape index (κ2) is 8.84. The molecule has 0 aromatic heterocycles. The van der Waals surface area contributed by atoms with Gasteiger partial charge in [-0.25, -0.2) is 0 Å². The molecule has 0 saturated heterocycles. The van der Waals surface area contributed by atoms with Gasteiger partial charge in [-0.1, -0.05) is 105 Å². The van der Waals surface area contributed by atoms with Crippen molar-refractivity contribution in [3.63, 3.8) is 0 Å². The maximum Gasteiger partial charge on any atom is 0.0130 e. The highest BCUT2D eigenvalue weighted by atomic mass is 14.2. The Bertz CT molecular complexity index is 587. The zero-order valence-electron chi connectivity index (χ0n) is 13.4. The molecule has 112 valence electrons. The van der Waals surface area contributed by atoms with Gasteiger partial charge in [-0.2, -0.15) is 0 Å². The van der Waals surface area contributed by atoms with E-state index in [-0.39, 0.29) is 0 Å². The lowest BCUT2D eigenvalue weighted by atomic mass is 9.86. The molecule has 0 aliphatic carbocycles. The number of hydrogen-bond donors (Lipinski definition) is 0. The third kappa shape index (κ3) is 4.33. The third-order valence-corrected chi connectivity index (χ3v) is 3.69. The lowest BCUT2D eigenvalue weighted by Crippen LogP contribution is -2.04.